The summed E-state index contributed by atoms with van der Waals surface area (Å²) in [6.07, 6.45) is 3.73. The van der Waals surface area contributed by atoms with Crippen molar-refractivity contribution >= 4 is 5.91 Å². The van der Waals surface area contributed by atoms with Crippen LogP contribution < -0.4 is 5.32 Å². The van der Waals surface area contributed by atoms with Crippen molar-refractivity contribution < 1.29 is 9.18 Å². The fourth-order valence-corrected chi connectivity index (χ4v) is 3.68. The van der Waals surface area contributed by atoms with Crippen LogP contribution in [0.4, 0.5) is 4.39 Å². The van der Waals surface area contributed by atoms with Crippen molar-refractivity contribution in [1.29, 1.82) is 0 Å². The number of amides is 1. The number of rotatable bonds is 3. The van der Waals surface area contributed by atoms with E-state index >= 15 is 0 Å². The van der Waals surface area contributed by atoms with E-state index < -0.39 is 0 Å². The largest absolute Gasteiger partial charge is 0.335 e. The highest BCUT2D eigenvalue weighted by Crippen LogP contribution is 2.30. The molecule has 0 aromatic heterocycles. The molecule has 2 aliphatic rings. The van der Waals surface area contributed by atoms with Gasteiger partial charge in [-0.25, -0.2) is 4.39 Å². The molecular formula is C17H23FN2O. The maximum atomic E-state index is 13.8. The van der Waals surface area contributed by atoms with Crippen LogP contribution in [0.5, 0.6) is 0 Å². The Bertz CT molecular complexity index is 505. The van der Waals surface area contributed by atoms with Crippen LogP contribution in [0.1, 0.15) is 31.7 Å². The van der Waals surface area contributed by atoms with E-state index in [2.05, 4.69) is 10.2 Å². The average Bonchev–Trinajstić information content (AvgIpc) is 2.73. The van der Waals surface area contributed by atoms with Crippen LogP contribution in [0.15, 0.2) is 24.3 Å². The van der Waals surface area contributed by atoms with E-state index in [9.17, 15) is 9.18 Å². The number of nitrogens with zero attached hydrogens (tertiary/aromatic N) is 1. The molecule has 2 bridgehead atoms. The Hall–Kier alpha value is -1.42. The van der Waals surface area contributed by atoms with Gasteiger partial charge in [-0.15, -0.1) is 0 Å². The van der Waals surface area contributed by atoms with Gasteiger partial charge in [-0.3, -0.25) is 4.79 Å². The Morgan fingerprint density at radius 1 is 1.33 bits per heavy atom. The summed E-state index contributed by atoms with van der Waals surface area (Å²) < 4.78 is 13.8. The number of hydrogen-bond donors (Lipinski definition) is 1. The SMILES string of the molecule is CC(Cc1ccccc1F)C(=O)N1C2CCNCC1CC2. The molecule has 1 N–H and O–H groups in total. The minimum Gasteiger partial charge on any atom is -0.335 e. The number of nitrogens with one attached hydrogen (secondary N) is 1. The van der Waals surface area contributed by atoms with Gasteiger partial charge in [0.2, 0.25) is 5.91 Å². The quantitative estimate of drug-likeness (QED) is 0.927. The second kappa shape index (κ2) is 6.14. The van der Waals surface area contributed by atoms with E-state index in [4.69, 9.17) is 0 Å². The first-order chi connectivity index (χ1) is 10.2. The summed E-state index contributed by atoms with van der Waals surface area (Å²) in [4.78, 5) is 14.9. The van der Waals surface area contributed by atoms with Gasteiger partial charge in [0.05, 0.1) is 0 Å². The van der Waals surface area contributed by atoms with Crippen molar-refractivity contribution in [3.8, 4) is 0 Å². The predicted molar refractivity (Wildman–Crippen MR) is 80.4 cm³/mol. The van der Waals surface area contributed by atoms with Gasteiger partial charge in [0.1, 0.15) is 5.82 Å². The van der Waals surface area contributed by atoms with E-state index in [1.807, 2.05) is 13.0 Å². The summed E-state index contributed by atoms with van der Waals surface area (Å²) in [7, 11) is 0. The molecule has 2 heterocycles. The Morgan fingerprint density at radius 2 is 2.10 bits per heavy atom. The van der Waals surface area contributed by atoms with Gasteiger partial charge in [0.25, 0.3) is 0 Å². The van der Waals surface area contributed by atoms with E-state index in [1.165, 1.54) is 6.07 Å². The minimum absolute atomic E-state index is 0.164. The number of carbonyl (C=O) groups excluding carboxylic acids is 1. The first-order valence-electron chi connectivity index (χ1n) is 7.93. The van der Waals surface area contributed by atoms with Crippen LogP contribution in [0.3, 0.4) is 0 Å². The summed E-state index contributed by atoms with van der Waals surface area (Å²) in [6, 6.07) is 7.46. The molecule has 114 valence electrons. The minimum atomic E-state index is -0.211. The van der Waals surface area contributed by atoms with E-state index in [0.717, 1.165) is 32.4 Å². The van der Waals surface area contributed by atoms with Gasteiger partial charge < -0.3 is 10.2 Å². The Kier molecular flexibility index (Phi) is 4.24. The summed E-state index contributed by atoms with van der Waals surface area (Å²) in [5, 5.41) is 3.41. The third-order valence-electron chi connectivity index (χ3n) is 4.81. The monoisotopic (exact) mass is 290 g/mol. The zero-order valence-corrected chi connectivity index (χ0v) is 12.5. The van der Waals surface area contributed by atoms with Crippen molar-refractivity contribution in [3.05, 3.63) is 35.6 Å². The molecule has 1 amide bonds. The van der Waals surface area contributed by atoms with Crippen LogP contribution in [0.2, 0.25) is 0 Å². The number of benzene rings is 1. The number of hydrogen-bond acceptors (Lipinski definition) is 2. The zero-order chi connectivity index (χ0) is 14.8. The first-order valence-corrected chi connectivity index (χ1v) is 7.93. The Morgan fingerprint density at radius 3 is 2.90 bits per heavy atom. The second-order valence-corrected chi connectivity index (χ2v) is 6.32. The number of carbonyl (C=O) groups is 1. The second-order valence-electron chi connectivity index (χ2n) is 6.32. The lowest BCUT2D eigenvalue weighted by molar-refractivity contribution is -0.137. The fraction of sp³-hybridized carbons (Fsp3) is 0.588. The van der Waals surface area contributed by atoms with Crippen molar-refractivity contribution in [2.75, 3.05) is 13.1 Å². The summed E-state index contributed by atoms with van der Waals surface area (Å²) in [5.41, 5.74) is 0.638. The predicted octanol–water partition coefficient (Wildman–Crippen LogP) is 2.36. The van der Waals surface area contributed by atoms with Gasteiger partial charge in [-0.1, -0.05) is 25.1 Å². The lowest BCUT2D eigenvalue weighted by Crippen LogP contribution is -2.45. The average molecular weight is 290 g/mol. The zero-order valence-electron chi connectivity index (χ0n) is 12.5. The van der Waals surface area contributed by atoms with Crippen molar-refractivity contribution in [2.45, 2.75) is 44.7 Å². The smallest absolute Gasteiger partial charge is 0.226 e. The van der Waals surface area contributed by atoms with E-state index in [-0.39, 0.29) is 17.6 Å². The van der Waals surface area contributed by atoms with Crippen LogP contribution in [0.25, 0.3) is 0 Å². The molecule has 21 heavy (non-hydrogen) atoms. The van der Waals surface area contributed by atoms with Crippen molar-refractivity contribution in [2.24, 2.45) is 5.92 Å². The summed E-state index contributed by atoms with van der Waals surface area (Å²) >= 11 is 0. The number of halogens is 1. The van der Waals surface area contributed by atoms with Crippen LogP contribution in [0, 0.1) is 11.7 Å². The van der Waals surface area contributed by atoms with Gasteiger partial charge in [0, 0.05) is 24.5 Å². The molecule has 3 atom stereocenters. The lowest BCUT2D eigenvalue weighted by atomic mass is 9.98. The first kappa shape index (κ1) is 14.5. The highest BCUT2D eigenvalue weighted by Gasteiger charge is 2.39. The molecule has 4 heteroatoms. The van der Waals surface area contributed by atoms with Gasteiger partial charge in [0.15, 0.2) is 0 Å². The van der Waals surface area contributed by atoms with E-state index in [0.29, 0.717) is 24.1 Å². The highest BCUT2D eigenvalue weighted by molar-refractivity contribution is 5.80. The molecule has 3 nitrogen and oxygen atoms in total. The molecule has 3 rings (SSSR count). The van der Waals surface area contributed by atoms with Gasteiger partial charge >= 0.3 is 0 Å². The molecule has 1 aromatic carbocycles. The summed E-state index contributed by atoms with van der Waals surface area (Å²) in [6.45, 7) is 3.81. The van der Waals surface area contributed by atoms with Gasteiger partial charge in [-0.05, 0) is 43.9 Å². The Balaban J connectivity index is 1.71. The molecule has 0 radical (unpaired) electrons. The van der Waals surface area contributed by atoms with Crippen LogP contribution in [-0.2, 0) is 11.2 Å². The molecule has 0 saturated carbocycles. The molecule has 0 spiro atoms. The maximum Gasteiger partial charge on any atom is 0.226 e. The van der Waals surface area contributed by atoms with E-state index in [1.54, 1.807) is 12.1 Å². The third kappa shape index (κ3) is 2.95. The van der Waals surface area contributed by atoms with Crippen LogP contribution >= 0.6 is 0 Å². The highest BCUT2D eigenvalue weighted by atomic mass is 19.1. The van der Waals surface area contributed by atoms with Crippen molar-refractivity contribution in [1.82, 2.24) is 10.2 Å². The molecule has 2 fully saturated rings. The molecule has 0 aliphatic carbocycles. The molecule has 1 aromatic rings. The van der Waals surface area contributed by atoms with Crippen molar-refractivity contribution in [3.63, 3.8) is 0 Å². The Labute approximate surface area is 125 Å². The third-order valence-corrected chi connectivity index (χ3v) is 4.81. The lowest BCUT2D eigenvalue weighted by Gasteiger charge is -2.30. The standard InChI is InChI=1S/C17H23FN2O/c1-12(10-13-4-2-3-5-16(13)18)17(21)20-14-6-7-15(20)11-19-9-8-14/h2-5,12,14-15,19H,6-11H2,1H3. The van der Waals surface area contributed by atoms with Crippen LogP contribution in [-0.4, -0.2) is 36.0 Å². The molecule has 2 saturated heterocycles. The maximum absolute atomic E-state index is 13.8. The molecule has 2 aliphatic heterocycles. The molecule has 3 unspecified atom stereocenters. The normalized spacial score (nSPS) is 26.5. The number of fused-ring (bicyclic) bond motifs is 2. The topological polar surface area (TPSA) is 32.3 Å². The summed E-state index contributed by atoms with van der Waals surface area (Å²) in [5.74, 6) is -0.185. The molecular weight excluding hydrogens is 267 g/mol. The van der Waals surface area contributed by atoms with Gasteiger partial charge in [-0.2, -0.15) is 0 Å². The fourth-order valence-electron chi connectivity index (χ4n) is 3.68.